The molecule has 0 aliphatic heterocycles. The third-order valence-corrected chi connectivity index (χ3v) is 3.14. The number of ether oxygens (including phenoxy) is 1. The molecule has 0 aliphatic rings. The number of hydrogen-bond acceptors (Lipinski definition) is 4. The Morgan fingerprint density at radius 2 is 1.96 bits per heavy atom. The van der Waals surface area contributed by atoms with Crippen LogP contribution < -0.4 is 21.1 Å². The van der Waals surface area contributed by atoms with Crippen LogP contribution in [0.2, 0.25) is 0 Å². The maximum absolute atomic E-state index is 11.8. The maximum atomic E-state index is 11.8. The highest BCUT2D eigenvalue weighted by Crippen LogP contribution is 2.14. The number of aliphatic imine (C=N–C) groups is 1. The van der Waals surface area contributed by atoms with Crippen LogP contribution in [-0.4, -0.2) is 30.5 Å². The third kappa shape index (κ3) is 5.60. The smallest absolute Gasteiger partial charge is 0.227 e. The zero-order valence-corrected chi connectivity index (χ0v) is 13.7. The van der Waals surface area contributed by atoms with Gasteiger partial charge in [-0.15, -0.1) is 0 Å². The first kappa shape index (κ1) is 17.3. The van der Waals surface area contributed by atoms with Gasteiger partial charge >= 0.3 is 0 Å². The van der Waals surface area contributed by atoms with E-state index < -0.39 is 0 Å². The molecule has 0 fully saturated rings. The van der Waals surface area contributed by atoms with Gasteiger partial charge in [-0.2, -0.15) is 0 Å². The summed E-state index contributed by atoms with van der Waals surface area (Å²) < 4.78 is 5.08. The molecule has 0 atom stereocenters. The summed E-state index contributed by atoms with van der Waals surface area (Å²) in [6, 6.07) is 12.7. The maximum Gasteiger partial charge on any atom is 0.227 e. The fourth-order valence-electron chi connectivity index (χ4n) is 1.96. The standard InChI is InChI=1S/C17H21N5O2/c1-12-4-3-5-15(20-12)22-16(23)10-11-19-17(18)21-13-6-8-14(24-2)9-7-13/h3-9H,10-11H2,1-2H3,(H3,18,19,21)(H,20,22,23). The van der Waals surface area contributed by atoms with Gasteiger partial charge < -0.3 is 21.1 Å². The number of carbonyl (C=O) groups excluding carboxylic acids is 1. The van der Waals surface area contributed by atoms with Gasteiger partial charge in [-0.05, 0) is 43.3 Å². The molecule has 1 aromatic carbocycles. The van der Waals surface area contributed by atoms with Crippen molar-refractivity contribution in [3.8, 4) is 5.75 Å². The Hall–Kier alpha value is -3.09. The van der Waals surface area contributed by atoms with Crippen LogP contribution >= 0.6 is 0 Å². The zero-order chi connectivity index (χ0) is 17.4. The van der Waals surface area contributed by atoms with Gasteiger partial charge in [0.05, 0.1) is 13.7 Å². The summed E-state index contributed by atoms with van der Waals surface area (Å²) in [6.45, 7) is 2.15. The highest BCUT2D eigenvalue weighted by molar-refractivity contribution is 5.93. The minimum absolute atomic E-state index is 0.158. The molecule has 0 spiro atoms. The Morgan fingerprint density at radius 1 is 1.21 bits per heavy atom. The second-order valence-electron chi connectivity index (χ2n) is 5.08. The summed E-state index contributed by atoms with van der Waals surface area (Å²) in [5.41, 5.74) is 7.44. The van der Waals surface area contributed by atoms with E-state index in [2.05, 4.69) is 20.6 Å². The van der Waals surface area contributed by atoms with Crippen LogP contribution in [0.4, 0.5) is 11.5 Å². The van der Waals surface area contributed by atoms with Gasteiger partial charge in [0.1, 0.15) is 11.6 Å². The Labute approximate surface area is 141 Å². The number of carbonyl (C=O) groups is 1. The fraction of sp³-hybridized carbons (Fsp3) is 0.235. The van der Waals surface area contributed by atoms with Crippen LogP contribution in [0.5, 0.6) is 5.75 Å². The van der Waals surface area contributed by atoms with Gasteiger partial charge in [0.25, 0.3) is 0 Å². The number of nitrogens with zero attached hydrogens (tertiary/aromatic N) is 2. The van der Waals surface area contributed by atoms with E-state index in [9.17, 15) is 4.79 Å². The van der Waals surface area contributed by atoms with Crippen molar-refractivity contribution in [1.82, 2.24) is 4.98 Å². The Kier molecular flexibility index (Phi) is 6.13. The van der Waals surface area contributed by atoms with Gasteiger partial charge in [0.15, 0.2) is 5.96 Å². The summed E-state index contributed by atoms with van der Waals surface area (Å²) in [6.07, 6.45) is 0.223. The van der Waals surface area contributed by atoms with Crippen LogP contribution in [0.1, 0.15) is 12.1 Å². The van der Waals surface area contributed by atoms with E-state index in [1.165, 1.54) is 0 Å². The number of nitrogens with one attached hydrogen (secondary N) is 2. The fourth-order valence-corrected chi connectivity index (χ4v) is 1.96. The Bertz CT molecular complexity index is 713. The van der Waals surface area contributed by atoms with Crippen molar-refractivity contribution in [3.05, 3.63) is 48.2 Å². The van der Waals surface area contributed by atoms with E-state index in [1.54, 1.807) is 13.2 Å². The third-order valence-electron chi connectivity index (χ3n) is 3.14. The van der Waals surface area contributed by atoms with E-state index in [1.807, 2.05) is 43.3 Å². The van der Waals surface area contributed by atoms with Crippen LogP contribution in [-0.2, 0) is 4.79 Å². The lowest BCUT2D eigenvalue weighted by molar-refractivity contribution is -0.116. The lowest BCUT2D eigenvalue weighted by Gasteiger charge is -2.07. The quantitative estimate of drug-likeness (QED) is 0.557. The number of rotatable bonds is 6. The van der Waals surface area contributed by atoms with Gasteiger partial charge in [-0.3, -0.25) is 9.79 Å². The summed E-state index contributed by atoms with van der Waals surface area (Å²) in [5, 5.41) is 5.68. The molecular weight excluding hydrogens is 306 g/mol. The van der Waals surface area contributed by atoms with Crippen molar-refractivity contribution < 1.29 is 9.53 Å². The first-order chi connectivity index (χ1) is 11.6. The predicted molar refractivity (Wildman–Crippen MR) is 95.3 cm³/mol. The predicted octanol–water partition coefficient (Wildman–Crippen LogP) is 2.15. The van der Waals surface area contributed by atoms with Crippen LogP contribution in [0.15, 0.2) is 47.5 Å². The molecule has 0 bridgehead atoms. The van der Waals surface area contributed by atoms with Gasteiger partial charge in [0.2, 0.25) is 5.91 Å². The van der Waals surface area contributed by atoms with Crippen molar-refractivity contribution in [2.24, 2.45) is 10.7 Å². The molecule has 24 heavy (non-hydrogen) atoms. The van der Waals surface area contributed by atoms with E-state index in [0.717, 1.165) is 17.1 Å². The number of benzene rings is 1. The molecule has 0 saturated heterocycles. The van der Waals surface area contributed by atoms with Gasteiger partial charge in [-0.25, -0.2) is 4.98 Å². The van der Waals surface area contributed by atoms with Crippen molar-refractivity contribution in [1.29, 1.82) is 0 Å². The second kappa shape index (κ2) is 8.52. The summed E-state index contributed by atoms with van der Waals surface area (Å²) in [5.74, 6) is 1.39. The average Bonchev–Trinajstić information content (AvgIpc) is 2.55. The SMILES string of the molecule is COc1ccc(NC(N)=NCCC(=O)Nc2cccc(C)n2)cc1. The lowest BCUT2D eigenvalue weighted by atomic mass is 10.3. The number of aromatic nitrogens is 1. The number of guanidine groups is 1. The van der Waals surface area contributed by atoms with E-state index >= 15 is 0 Å². The minimum atomic E-state index is -0.158. The molecule has 1 aromatic heterocycles. The van der Waals surface area contributed by atoms with Crippen molar-refractivity contribution in [2.75, 3.05) is 24.3 Å². The van der Waals surface area contributed by atoms with E-state index in [4.69, 9.17) is 10.5 Å². The van der Waals surface area contributed by atoms with Gasteiger partial charge in [0, 0.05) is 17.8 Å². The Morgan fingerprint density at radius 3 is 2.62 bits per heavy atom. The number of amides is 1. The molecule has 0 unspecified atom stereocenters. The molecule has 2 rings (SSSR count). The minimum Gasteiger partial charge on any atom is -0.497 e. The number of aryl methyl sites for hydroxylation is 1. The molecule has 7 nitrogen and oxygen atoms in total. The normalized spacial score (nSPS) is 11.0. The molecule has 1 amide bonds. The average molecular weight is 327 g/mol. The topological polar surface area (TPSA) is 102 Å². The molecule has 0 aliphatic carbocycles. The van der Waals surface area contributed by atoms with Gasteiger partial charge in [-0.1, -0.05) is 6.07 Å². The lowest BCUT2D eigenvalue weighted by Crippen LogP contribution is -2.23. The molecule has 7 heteroatoms. The summed E-state index contributed by atoms with van der Waals surface area (Å²) >= 11 is 0. The molecule has 1 heterocycles. The first-order valence-electron chi connectivity index (χ1n) is 7.51. The largest absolute Gasteiger partial charge is 0.497 e. The monoisotopic (exact) mass is 327 g/mol. The number of hydrogen-bond donors (Lipinski definition) is 3. The van der Waals surface area contributed by atoms with Crippen LogP contribution in [0.25, 0.3) is 0 Å². The first-order valence-corrected chi connectivity index (χ1v) is 7.51. The number of pyridine rings is 1. The molecule has 0 saturated carbocycles. The summed E-state index contributed by atoms with van der Waals surface area (Å²) in [7, 11) is 1.61. The zero-order valence-electron chi connectivity index (χ0n) is 13.7. The molecule has 126 valence electrons. The molecular formula is C17H21N5O2. The van der Waals surface area contributed by atoms with Crippen LogP contribution in [0, 0.1) is 6.92 Å². The number of anilines is 2. The van der Waals surface area contributed by atoms with E-state index in [0.29, 0.717) is 5.82 Å². The molecule has 4 N–H and O–H groups in total. The summed E-state index contributed by atoms with van der Waals surface area (Å²) in [4.78, 5) is 20.2. The highest BCUT2D eigenvalue weighted by atomic mass is 16.5. The highest BCUT2D eigenvalue weighted by Gasteiger charge is 2.03. The van der Waals surface area contributed by atoms with Crippen molar-refractivity contribution >= 4 is 23.4 Å². The van der Waals surface area contributed by atoms with Crippen LogP contribution in [0.3, 0.4) is 0 Å². The number of methoxy groups -OCH3 is 1. The number of nitrogens with two attached hydrogens (primary N) is 1. The second-order valence-corrected chi connectivity index (χ2v) is 5.08. The molecule has 0 radical (unpaired) electrons. The van der Waals surface area contributed by atoms with E-state index in [-0.39, 0.29) is 24.8 Å². The molecule has 2 aromatic rings. The van der Waals surface area contributed by atoms with Crippen molar-refractivity contribution in [2.45, 2.75) is 13.3 Å². The van der Waals surface area contributed by atoms with Crippen molar-refractivity contribution in [3.63, 3.8) is 0 Å². The Balaban J connectivity index is 1.78.